The van der Waals surface area contributed by atoms with Gasteiger partial charge in [-0.2, -0.15) is 0 Å². The average Bonchev–Trinajstić information content (AvgIpc) is 2.25. The van der Waals surface area contributed by atoms with Gasteiger partial charge in [-0.05, 0) is 38.9 Å². The molecule has 2 nitrogen and oxygen atoms in total. The van der Waals surface area contributed by atoms with Crippen LogP contribution in [-0.4, -0.2) is 29.5 Å². The first-order chi connectivity index (χ1) is 7.24. The lowest BCUT2D eigenvalue weighted by molar-refractivity contribution is 0.206. The Morgan fingerprint density at radius 3 is 2.47 bits per heavy atom. The van der Waals surface area contributed by atoms with Crippen LogP contribution in [0.25, 0.3) is 0 Å². The number of thiocarbonyl (C=S) groups is 1. The maximum Gasteiger partial charge on any atom is 0.0759 e. The summed E-state index contributed by atoms with van der Waals surface area (Å²) in [4.78, 5) is 3.28. The van der Waals surface area contributed by atoms with Crippen molar-refractivity contribution < 1.29 is 0 Å². The minimum absolute atomic E-state index is 0.506. The van der Waals surface area contributed by atoms with E-state index in [9.17, 15) is 0 Å². The lowest BCUT2D eigenvalue weighted by Crippen LogP contribution is -2.38. The summed E-state index contributed by atoms with van der Waals surface area (Å²) in [6.45, 7) is 5.90. The highest BCUT2D eigenvalue weighted by Crippen LogP contribution is 2.17. The Hall–Kier alpha value is -0.150. The zero-order valence-electron chi connectivity index (χ0n) is 9.87. The summed E-state index contributed by atoms with van der Waals surface area (Å²) < 4.78 is 0. The van der Waals surface area contributed by atoms with Gasteiger partial charge in [0.25, 0.3) is 0 Å². The van der Waals surface area contributed by atoms with Crippen molar-refractivity contribution in [2.45, 2.75) is 45.4 Å². The predicted molar refractivity (Wildman–Crippen MR) is 70.1 cm³/mol. The summed E-state index contributed by atoms with van der Waals surface area (Å²) in [5.74, 6) is 0.506. The lowest BCUT2D eigenvalue weighted by atomic mass is 9.97. The number of unbranched alkanes of at least 4 members (excludes halogenated alkanes) is 3. The minimum atomic E-state index is 0.506. The van der Waals surface area contributed by atoms with Gasteiger partial charge in [0.2, 0.25) is 0 Å². The molecule has 0 aromatic carbocycles. The molecule has 0 aliphatic carbocycles. The van der Waals surface area contributed by atoms with Gasteiger partial charge in [0.15, 0.2) is 0 Å². The number of nitrogens with two attached hydrogens (primary N) is 1. The number of hydrogen-bond acceptors (Lipinski definition) is 2. The molecule has 88 valence electrons. The predicted octanol–water partition coefficient (Wildman–Crippen LogP) is 2.56. The summed E-state index contributed by atoms with van der Waals surface area (Å²) in [5, 5.41) is 0. The first-order valence-corrected chi connectivity index (χ1v) is 6.66. The number of piperidine rings is 1. The van der Waals surface area contributed by atoms with Gasteiger partial charge in [-0.25, -0.2) is 0 Å². The molecule has 15 heavy (non-hydrogen) atoms. The summed E-state index contributed by atoms with van der Waals surface area (Å²) in [6, 6.07) is 0. The Balaban J connectivity index is 2.07. The first kappa shape index (κ1) is 12.9. The molecule has 2 N–H and O–H groups in total. The first-order valence-electron chi connectivity index (χ1n) is 6.25. The van der Waals surface area contributed by atoms with E-state index in [1.54, 1.807) is 0 Å². The number of hydrogen-bond donors (Lipinski definition) is 1. The molecular formula is C12H24N2S. The van der Waals surface area contributed by atoms with E-state index in [2.05, 4.69) is 11.8 Å². The van der Waals surface area contributed by atoms with Crippen molar-refractivity contribution in [3.05, 3.63) is 0 Å². The molecule has 1 aliphatic rings. The molecule has 0 saturated carbocycles. The zero-order chi connectivity index (χ0) is 11.1. The fraction of sp³-hybridized carbons (Fsp3) is 0.917. The van der Waals surface area contributed by atoms with Crippen molar-refractivity contribution in [1.29, 1.82) is 0 Å². The van der Waals surface area contributed by atoms with E-state index >= 15 is 0 Å². The molecule has 1 fully saturated rings. The number of likely N-dealkylation sites (tertiary alicyclic amines) is 1. The Morgan fingerprint density at radius 2 is 1.93 bits per heavy atom. The van der Waals surface area contributed by atoms with Crippen LogP contribution >= 0.6 is 12.2 Å². The van der Waals surface area contributed by atoms with E-state index in [0.717, 1.165) is 4.99 Å². The van der Waals surface area contributed by atoms with Crippen molar-refractivity contribution in [2.75, 3.05) is 19.6 Å². The Kier molecular flexibility index (Phi) is 6.18. The molecule has 1 aliphatic heterocycles. The van der Waals surface area contributed by atoms with E-state index in [0.29, 0.717) is 5.92 Å². The largest absolute Gasteiger partial charge is 0.393 e. The molecule has 0 spiro atoms. The van der Waals surface area contributed by atoms with E-state index in [1.165, 1.54) is 58.2 Å². The van der Waals surface area contributed by atoms with Crippen molar-refractivity contribution in [1.82, 2.24) is 4.90 Å². The van der Waals surface area contributed by atoms with Crippen molar-refractivity contribution in [2.24, 2.45) is 11.7 Å². The summed E-state index contributed by atoms with van der Waals surface area (Å²) >= 11 is 5.04. The van der Waals surface area contributed by atoms with Gasteiger partial charge in [0.1, 0.15) is 0 Å². The van der Waals surface area contributed by atoms with Crippen LogP contribution in [0.1, 0.15) is 45.4 Å². The van der Waals surface area contributed by atoms with E-state index in [1.807, 2.05) is 0 Å². The van der Waals surface area contributed by atoms with Crippen molar-refractivity contribution in [3.63, 3.8) is 0 Å². The zero-order valence-corrected chi connectivity index (χ0v) is 10.7. The van der Waals surface area contributed by atoms with Gasteiger partial charge < -0.3 is 10.6 Å². The lowest BCUT2D eigenvalue weighted by Gasteiger charge is -2.31. The molecule has 0 aromatic heterocycles. The second kappa shape index (κ2) is 7.18. The molecule has 0 unspecified atom stereocenters. The summed E-state index contributed by atoms with van der Waals surface area (Å²) in [7, 11) is 0. The van der Waals surface area contributed by atoms with Gasteiger partial charge in [-0.1, -0.05) is 38.4 Å². The van der Waals surface area contributed by atoms with Crippen LogP contribution in [0.15, 0.2) is 0 Å². The van der Waals surface area contributed by atoms with E-state index in [-0.39, 0.29) is 0 Å². The maximum atomic E-state index is 5.67. The summed E-state index contributed by atoms with van der Waals surface area (Å²) in [6.07, 6.45) is 7.77. The Labute approximate surface area is 99.2 Å². The van der Waals surface area contributed by atoms with Crippen LogP contribution in [0.3, 0.4) is 0 Å². The van der Waals surface area contributed by atoms with Gasteiger partial charge >= 0.3 is 0 Å². The van der Waals surface area contributed by atoms with Crippen LogP contribution in [0, 0.1) is 5.92 Å². The fourth-order valence-corrected chi connectivity index (χ4v) is 2.44. The number of nitrogens with zero attached hydrogens (tertiary/aromatic N) is 1. The van der Waals surface area contributed by atoms with Crippen molar-refractivity contribution in [3.8, 4) is 0 Å². The highest BCUT2D eigenvalue weighted by atomic mass is 32.1. The quantitative estimate of drug-likeness (QED) is 0.559. The van der Waals surface area contributed by atoms with Crippen LogP contribution in [0.5, 0.6) is 0 Å². The van der Waals surface area contributed by atoms with Crippen LogP contribution < -0.4 is 5.73 Å². The maximum absolute atomic E-state index is 5.67. The molecule has 0 atom stereocenters. The second-order valence-corrected chi connectivity index (χ2v) is 5.05. The minimum Gasteiger partial charge on any atom is -0.393 e. The highest BCUT2D eigenvalue weighted by Gasteiger charge is 2.20. The average molecular weight is 228 g/mol. The molecule has 0 radical (unpaired) electrons. The summed E-state index contributed by atoms with van der Waals surface area (Å²) in [5.41, 5.74) is 5.67. The molecule has 1 rings (SSSR count). The SMILES string of the molecule is CCCCCCN1CCC(C(N)=S)CC1. The third-order valence-electron chi connectivity index (χ3n) is 3.32. The molecule has 0 bridgehead atoms. The third-order valence-corrected chi connectivity index (χ3v) is 3.65. The smallest absolute Gasteiger partial charge is 0.0759 e. The topological polar surface area (TPSA) is 29.3 Å². The highest BCUT2D eigenvalue weighted by molar-refractivity contribution is 7.80. The van der Waals surface area contributed by atoms with Crippen LogP contribution in [0.2, 0.25) is 0 Å². The number of rotatable bonds is 6. The molecule has 3 heteroatoms. The molecule has 0 aromatic rings. The van der Waals surface area contributed by atoms with E-state index in [4.69, 9.17) is 18.0 Å². The van der Waals surface area contributed by atoms with Crippen LogP contribution in [-0.2, 0) is 0 Å². The second-order valence-electron chi connectivity index (χ2n) is 4.58. The Morgan fingerprint density at radius 1 is 1.27 bits per heavy atom. The van der Waals surface area contributed by atoms with Gasteiger partial charge in [0, 0.05) is 5.92 Å². The van der Waals surface area contributed by atoms with Gasteiger partial charge in [0.05, 0.1) is 4.99 Å². The molecule has 1 heterocycles. The monoisotopic (exact) mass is 228 g/mol. The standard InChI is InChI=1S/C12H24N2S/c1-2-3-4-5-8-14-9-6-11(7-10-14)12(13)15/h11H,2-10H2,1H3,(H2,13,15). The molecule has 1 saturated heterocycles. The van der Waals surface area contributed by atoms with Gasteiger partial charge in [-0.15, -0.1) is 0 Å². The normalized spacial score (nSPS) is 19.3. The van der Waals surface area contributed by atoms with E-state index < -0.39 is 0 Å². The molecular weight excluding hydrogens is 204 g/mol. The fourth-order valence-electron chi connectivity index (χ4n) is 2.20. The van der Waals surface area contributed by atoms with Crippen molar-refractivity contribution >= 4 is 17.2 Å². The van der Waals surface area contributed by atoms with Gasteiger partial charge in [-0.3, -0.25) is 0 Å². The Bertz CT molecular complexity index is 186. The third kappa shape index (κ3) is 4.94. The van der Waals surface area contributed by atoms with Crippen LogP contribution in [0.4, 0.5) is 0 Å². The molecule has 0 amide bonds.